The first-order chi connectivity index (χ1) is 13.2. The summed E-state index contributed by atoms with van der Waals surface area (Å²) in [6, 6.07) is 6.78. The third-order valence-electron chi connectivity index (χ3n) is 4.49. The Bertz CT molecular complexity index is 1300. The molecule has 3 aromatic carbocycles. The van der Waals surface area contributed by atoms with Gasteiger partial charge in [0.15, 0.2) is 10.9 Å². The summed E-state index contributed by atoms with van der Waals surface area (Å²) in [5.74, 6) is 0. The molecule has 0 aliphatic heterocycles. The monoisotopic (exact) mass is 437 g/mol. The number of nitrogens with two attached hydrogens (primary N) is 2. The molecular weight excluding hydrogens is 417 g/mol. The van der Waals surface area contributed by atoms with Gasteiger partial charge in [0, 0.05) is 23.9 Å². The quantitative estimate of drug-likeness (QED) is 0.281. The molecule has 29 heavy (non-hydrogen) atoms. The average molecular weight is 438 g/mol. The van der Waals surface area contributed by atoms with Crippen LogP contribution in [0.2, 0.25) is 0 Å². The van der Waals surface area contributed by atoms with Crippen molar-refractivity contribution in [2.75, 3.05) is 26.2 Å². The second-order valence-electron chi connectivity index (χ2n) is 6.12. The molecule has 0 spiro atoms. The van der Waals surface area contributed by atoms with Crippen LogP contribution in [-0.4, -0.2) is 41.6 Å². The molecule has 154 valence electrons. The van der Waals surface area contributed by atoms with Crippen LogP contribution < -0.4 is 33.0 Å². The molecule has 0 fully saturated rings. The number of nitrogens with one attached hydrogen (secondary N) is 3. The predicted molar refractivity (Wildman–Crippen MR) is 119 cm³/mol. The lowest BCUT2D eigenvalue weighted by atomic mass is 10.00. The van der Waals surface area contributed by atoms with Gasteiger partial charge in [-0.25, -0.2) is 5.21 Å². The smallest absolute Gasteiger partial charge is 0.196 e. The van der Waals surface area contributed by atoms with E-state index in [1.165, 1.54) is 0 Å². The number of H-pyrrole nitrogens is 3. The summed E-state index contributed by atoms with van der Waals surface area (Å²) < 4.78 is 0. The maximum absolute atomic E-state index is 13.3. The predicted octanol–water partition coefficient (Wildman–Crippen LogP) is -0.149. The van der Waals surface area contributed by atoms with Crippen LogP contribution in [0.15, 0.2) is 43.8 Å². The molecule has 0 bridgehead atoms. The summed E-state index contributed by atoms with van der Waals surface area (Å²) in [5.41, 5.74) is 11.8. The van der Waals surface area contributed by atoms with Gasteiger partial charge in [-0.1, -0.05) is 24.3 Å². The van der Waals surface area contributed by atoms with Crippen LogP contribution in [0.3, 0.4) is 0 Å². The summed E-state index contributed by atoms with van der Waals surface area (Å²) in [7, 11) is 0. The van der Waals surface area contributed by atoms with Crippen molar-refractivity contribution in [1.82, 2.24) is 15.4 Å². The van der Waals surface area contributed by atoms with E-state index in [-0.39, 0.29) is 46.4 Å². The second kappa shape index (κ2) is 9.19. The van der Waals surface area contributed by atoms with E-state index < -0.39 is 0 Å². The Morgan fingerprint density at radius 2 is 1.17 bits per heavy atom. The van der Waals surface area contributed by atoms with Gasteiger partial charge in [-0.3, -0.25) is 29.8 Å². The third-order valence-corrected chi connectivity index (χ3v) is 4.49. The molecular formula is C18H21Cl2N7O2. The molecule has 4 aromatic rings. The van der Waals surface area contributed by atoms with Crippen LogP contribution >= 0.6 is 24.8 Å². The van der Waals surface area contributed by atoms with E-state index in [4.69, 9.17) is 11.5 Å². The lowest BCUT2D eigenvalue weighted by Gasteiger charge is -2.04. The number of halogens is 2. The van der Waals surface area contributed by atoms with Crippen LogP contribution in [0.4, 0.5) is 0 Å². The maximum Gasteiger partial charge on any atom is 0.196 e. The molecule has 0 atom stereocenters. The van der Waals surface area contributed by atoms with Gasteiger partial charge in [0.25, 0.3) is 0 Å². The number of nitrogens with zero attached hydrogens (tertiary/aromatic N) is 2. The molecule has 0 unspecified atom stereocenters. The van der Waals surface area contributed by atoms with E-state index in [2.05, 4.69) is 25.4 Å². The number of benzene rings is 3. The van der Waals surface area contributed by atoms with Crippen LogP contribution in [0.5, 0.6) is 0 Å². The number of rotatable bonds is 4. The summed E-state index contributed by atoms with van der Waals surface area (Å²) >= 11 is 0. The second-order valence-corrected chi connectivity index (χ2v) is 6.12. The van der Waals surface area contributed by atoms with Crippen molar-refractivity contribution >= 4 is 57.4 Å². The maximum atomic E-state index is 13.3. The fourth-order valence-electron chi connectivity index (χ4n) is 3.38. The zero-order valence-corrected chi connectivity index (χ0v) is 17.0. The van der Waals surface area contributed by atoms with Gasteiger partial charge in [-0.2, -0.15) is 0 Å². The molecule has 0 saturated heterocycles. The van der Waals surface area contributed by atoms with Crippen molar-refractivity contribution in [2.45, 2.75) is 0 Å². The molecule has 0 amide bonds. The number of fused-ring (bicyclic) bond motifs is 3. The highest BCUT2D eigenvalue weighted by atomic mass is 35.5. The summed E-state index contributed by atoms with van der Waals surface area (Å²) in [4.78, 5) is 35.5. The first-order valence-corrected chi connectivity index (χ1v) is 8.63. The average Bonchev–Trinajstić information content (AvgIpc) is 3.18. The Balaban J connectivity index is 0.00000150. The lowest BCUT2D eigenvalue weighted by molar-refractivity contribution is 0.936. The van der Waals surface area contributed by atoms with Crippen LogP contribution in [0, 0.1) is 0 Å². The summed E-state index contributed by atoms with van der Waals surface area (Å²) in [5, 5.41) is 10.7. The highest BCUT2D eigenvalue weighted by Crippen LogP contribution is 2.11. The molecule has 0 aliphatic rings. The Morgan fingerprint density at radius 3 is 1.55 bits per heavy atom. The molecule has 0 saturated carbocycles. The minimum Gasteiger partial charge on any atom is -0.329 e. The first-order valence-electron chi connectivity index (χ1n) is 8.63. The van der Waals surface area contributed by atoms with Crippen molar-refractivity contribution in [3.63, 3.8) is 0 Å². The van der Waals surface area contributed by atoms with Crippen LogP contribution in [0.25, 0.3) is 32.6 Å². The van der Waals surface area contributed by atoms with E-state index in [1.54, 1.807) is 24.3 Å². The third kappa shape index (κ3) is 3.53. The van der Waals surface area contributed by atoms with Gasteiger partial charge in [-0.05, 0) is 0 Å². The molecule has 0 aliphatic carbocycles. The normalized spacial score (nSPS) is 12.5. The Hall–Kier alpha value is -2.72. The van der Waals surface area contributed by atoms with Crippen molar-refractivity contribution in [1.29, 1.82) is 0 Å². The van der Waals surface area contributed by atoms with Crippen molar-refractivity contribution in [3.8, 4) is 0 Å². The Labute approximate surface area is 176 Å². The minimum atomic E-state index is -0.253. The standard InChI is InChI=1S/C18H19N7O2.2ClH/c19-5-7-21-13-11-12(14(22-8-6-20)16-15(13)23-25-24-16)18(27)10-4-2-1-3-9(10)17(11)26;;/h1-4,23-25H,5-8,19-20H2;2*1H. The van der Waals surface area contributed by atoms with Crippen molar-refractivity contribution < 1.29 is 0 Å². The SMILES string of the molecule is Cl.Cl.NCCN=c1c2[nH][nH][nH]c2c(=NCCN)c2c(=O)c3ccccc3c(=O)c12. The van der Waals surface area contributed by atoms with Gasteiger partial charge < -0.3 is 11.5 Å². The Morgan fingerprint density at radius 1 is 0.759 bits per heavy atom. The van der Waals surface area contributed by atoms with Gasteiger partial charge in [0.2, 0.25) is 0 Å². The topological polar surface area (TPSA) is 158 Å². The van der Waals surface area contributed by atoms with E-state index in [9.17, 15) is 9.59 Å². The zero-order valence-electron chi connectivity index (χ0n) is 15.3. The summed E-state index contributed by atoms with van der Waals surface area (Å²) in [6.45, 7) is 1.29. The number of aromatic nitrogens is 3. The molecule has 11 heteroatoms. The molecule has 4 rings (SSSR count). The first kappa shape index (κ1) is 22.6. The van der Waals surface area contributed by atoms with Crippen LogP contribution in [0.1, 0.15) is 0 Å². The molecule has 1 aromatic heterocycles. The highest BCUT2D eigenvalue weighted by Gasteiger charge is 2.18. The molecule has 1 heterocycles. The van der Waals surface area contributed by atoms with E-state index in [0.717, 1.165) is 0 Å². The molecule has 0 radical (unpaired) electrons. The highest BCUT2D eigenvalue weighted by molar-refractivity contribution is 6.02. The van der Waals surface area contributed by atoms with Gasteiger partial charge in [0.05, 0.1) is 34.6 Å². The zero-order chi connectivity index (χ0) is 19.0. The van der Waals surface area contributed by atoms with E-state index >= 15 is 0 Å². The number of aromatic amines is 3. The van der Waals surface area contributed by atoms with E-state index in [1.807, 2.05) is 0 Å². The number of hydrogen-bond donors (Lipinski definition) is 5. The molecule has 7 N–H and O–H groups in total. The largest absolute Gasteiger partial charge is 0.329 e. The fraction of sp³-hybridized carbons (Fsp3) is 0.222. The Kier molecular flexibility index (Phi) is 7.15. The minimum absolute atomic E-state index is 0. The van der Waals surface area contributed by atoms with Gasteiger partial charge in [0.1, 0.15) is 11.0 Å². The van der Waals surface area contributed by atoms with E-state index in [0.29, 0.717) is 58.7 Å². The van der Waals surface area contributed by atoms with Gasteiger partial charge >= 0.3 is 0 Å². The summed E-state index contributed by atoms with van der Waals surface area (Å²) in [6.07, 6.45) is 0. The number of hydrogen-bond acceptors (Lipinski definition) is 6. The fourth-order valence-corrected chi connectivity index (χ4v) is 3.38. The van der Waals surface area contributed by atoms with Crippen molar-refractivity contribution in [2.24, 2.45) is 21.5 Å². The lowest BCUT2D eigenvalue weighted by Crippen LogP contribution is -2.29. The van der Waals surface area contributed by atoms with Crippen LogP contribution in [-0.2, 0) is 0 Å². The van der Waals surface area contributed by atoms with Crippen molar-refractivity contribution in [3.05, 3.63) is 55.4 Å². The molecule has 9 nitrogen and oxygen atoms in total. The van der Waals surface area contributed by atoms with Gasteiger partial charge in [-0.15, -0.1) is 24.8 Å².